The number of aromatic nitrogens is 2. The number of nitrogens with zero attached hydrogens (tertiary/aromatic N) is 4. The van der Waals surface area contributed by atoms with Gasteiger partial charge in [0.25, 0.3) is 5.56 Å². The van der Waals surface area contributed by atoms with E-state index in [-0.39, 0.29) is 23.8 Å². The molecule has 1 amide bonds. The Hall–Kier alpha value is -3.00. The summed E-state index contributed by atoms with van der Waals surface area (Å²) in [6.07, 6.45) is 1.42. The van der Waals surface area contributed by atoms with Gasteiger partial charge in [-0.3, -0.25) is 14.2 Å². The number of para-hydroxylation sites is 1. The third kappa shape index (κ3) is 3.82. The molecule has 144 valence electrons. The Bertz CT molecular complexity index is 1030. The average molecular weight is 398 g/mol. The number of amides is 1. The molecule has 1 aromatic carbocycles. The van der Waals surface area contributed by atoms with E-state index in [1.807, 2.05) is 22.4 Å². The van der Waals surface area contributed by atoms with Gasteiger partial charge in [0.05, 0.1) is 22.6 Å². The first-order chi connectivity index (χ1) is 13.6. The van der Waals surface area contributed by atoms with Crippen LogP contribution < -0.4 is 10.5 Å². The summed E-state index contributed by atoms with van der Waals surface area (Å²) in [6.45, 7) is 2.04. The topological polar surface area (TPSA) is 58.4 Å². The predicted molar refractivity (Wildman–Crippen MR) is 107 cm³/mol. The molecule has 1 aliphatic rings. The van der Waals surface area contributed by atoms with Crippen LogP contribution in [0.3, 0.4) is 0 Å². The van der Waals surface area contributed by atoms with Crippen molar-refractivity contribution in [2.24, 2.45) is 0 Å². The normalized spacial score (nSPS) is 14.3. The highest BCUT2D eigenvalue weighted by atomic mass is 32.1. The summed E-state index contributed by atoms with van der Waals surface area (Å²) in [7, 11) is 0. The quantitative estimate of drug-likeness (QED) is 0.678. The van der Waals surface area contributed by atoms with Gasteiger partial charge in [-0.25, -0.2) is 9.37 Å². The number of benzene rings is 1. The van der Waals surface area contributed by atoms with Gasteiger partial charge < -0.3 is 9.80 Å². The SMILES string of the molecule is O=C(Cn1cnc(-c2cccs2)cc1=O)N1CCN(c2ccccc2F)CC1. The molecule has 0 unspecified atom stereocenters. The summed E-state index contributed by atoms with van der Waals surface area (Å²) in [4.78, 5) is 33.8. The lowest BCUT2D eigenvalue weighted by atomic mass is 10.2. The number of halogens is 1. The van der Waals surface area contributed by atoms with Crippen LogP contribution in [0.15, 0.2) is 59.0 Å². The summed E-state index contributed by atoms with van der Waals surface area (Å²) in [5.74, 6) is -0.397. The van der Waals surface area contributed by atoms with Crippen molar-refractivity contribution >= 4 is 22.9 Å². The first kappa shape index (κ1) is 18.4. The molecule has 6 nitrogen and oxygen atoms in total. The number of hydrogen-bond acceptors (Lipinski definition) is 5. The summed E-state index contributed by atoms with van der Waals surface area (Å²) in [6, 6.07) is 11.9. The number of rotatable bonds is 4. The maximum absolute atomic E-state index is 13.9. The summed E-state index contributed by atoms with van der Waals surface area (Å²) >= 11 is 1.51. The molecular formula is C20H19FN4O2S. The van der Waals surface area contributed by atoms with E-state index < -0.39 is 0 Å². The number of thiophene rings is 1. The molecule has 3 aromatic rings. The van der Waals surface area contributed by atoms with Crippen molar-refractivity contribution < 1.29 is 9.18 Å². The molecule has 1 saturated heterocycles. The molecule has 1 fully saturated rings. The lowest BCUT2D eigenvalue weighted by Crippen LogP contribution is -2.50. The smallest absolute Gasteiger partial charge is 0.254 e. The largest absolute Gasteiger partial charge is 0.366 e. The zero-order valence-corrected chi connectivity index (χ0v) is 15.9. The van der Waals surface area contributed by atoms with E-state index in [0.29, 0.717) is 37.6 Å². The van der Waals surface area contributed by atoms with Crippen LogP contribution in [-0.4, -0.2) is 46.5 Å². The van der Waals surface area contributed by atoms with E-state index in [9.17, 15) is 14.0 Å². The van der Waals surface area contributed by atoms with E-state index >= 15 is 0 Å². The Kier molecular flexibility index (Phi) is 5.21. The van der Waals surface area contributed by atoms with E-state index in [2.05, 4.69) is 4.98 Å². The number of piperazine rings is 1. The van der Waals surface area contributed by atoms with Gasteiger partial charge in [0.2, 0.25) is 5.91 Å². The molecular weight excluding hydrogens is 379 g/mol. The van der Waals surface area contributed by atoms with Crippen LogP contribution in [0.5, 0.6) is 0 Å². The van der Waals surface area contributed by atoms with Gasteiger partial charge in [-0.05, 0) is 23.6 Å². The van der Waals surface area contributed by atoms with Crippen LogP contribution in [0, 0.1) is 5.82 Å². The summed E-state index contributed by atoms with van der Waals surface area (Å²) in [5.41, 5.74) is 0.915. The zero-order valence-electron chi connectivity index (χ0n) is 15.1. The monoisotopic (exact) mass is 398 g/mol. The maximum atomic E-state index is 13.9. The summed E-state index contributed by atoms with van der Waals surface area (Å²) in [5, 5.41) is 1.92. The number of anilines is 1. The van der Waals surface area contributed by atoms with E-state index in [1.54, 1.807) is 23.1 Å². The molecule has 8 heteroatoms. The lowest BCUT2D eigenvalue weighted by molar-refractivity contribution is -0.132. The Balaban J connectivity index is 1.39. The van der Waals surface area contributed by atoms with Crippen LogP contribution in [0.4, 0.5) is 10.1 Å². The molecule has 4 rings (SSSR count). The molecule has 0 aliphatic carbocycles. The van der Waals surface area contributed by atoms with Gasteiger partial charge in [-0.1, -0.05) is 18.2 Å². The Morgan fingerprint density at radius 3 is 2.57 bits per heavy atom. The van der Waals surface area contributed by atoms with Crippen molar-refractivity contribution in [3.05, 3.63) is 70.3 Å². The van der Waals surface area contributed by atoms with Crippen LogP contribution in [0.2, 0.25) is 0 Å². The van der Waals surface area contributed by atoms with Crippen LogP contribution >= 0.6 is 11.3 Å². The second kappa shape index (κ2) is 7.93. The highest BCUT2D eigenvalue weighted by Crippen LogP contribution is 2.21. The maximum Gasteiger partial charge on any atom is 0.254 e. The molecule has 0 bridgehead atoms. The average Bonchev–Trinajstić information content (AvgIpc) is 3.25. The van der Waals surface area contributed by atoms with Crippen molar-refractivity contribution in [1.29, 1.82) is 0 Å². The standard InChI is InChI=1S/C20H19FN4O2S/c21-15-4-1-2-5-17(15)23-7-9-24(10-8-23)20(27)13-25-14-22-16(12-19(25)26)18-6-3-11-28-18/h1-6,11-12,14H,7-10,13H2. The van der Waals surface area contributed by atoms with Crippen molar-refractivity contribution in [3.63, 3.8) is 0 Å². The van der Waals surface area contributed by atoms with Gasteiger partial charge in [-0.2, -0.15) is 0 Å². The zero-order chi connectivity index (χ0) is 19.5. The Morgan fingerprint density at radius 2 is 1.89 bits per heavy atom. The third-order valence-electron chi connectivity index (χ3n) is 4.78. The number of carbonyl (C=O) groups is 1. The Labute approximate surface area is 165 Å². The highest BCUT2D eigenvalue weighted by molar-refractivity contribution is 7.13. The first-order valence-corrected chi connectivity index (χ1v) is 9.87. The molecule has 28 heavy (non-hydrogen) atoms. The van der Waals surface area contributed by atoms with Crippen LogP contribution in [0.1, 0.15) is 0 Å². The molecule has 0 atom stereocenters. The van der Waals surface area contributed by atoms with Crippen molar-refractivity contribution in [2.45, 2.75) is 6.54 Å². The lowest BCUT2D eigenvalue weighted by Gasteiger charge is -2.36. The first-order valence-electron chi connectivity index (χ1n) is 8.99. The molecule has 1 aliphatic heterocycles. The molecule has 0 radical (unpaired) electrons. The minimum atomic E-state index is -0.259. The van der Waals surface area contributed by atoms with Gasteiger partial charge in [0.15, 0.2) is 0 Å². The molecule has 0 saturated carbocycles. The fourth-order valence-corrected chi connectivity index (χ4v) is 3.95. The van der Waals surface area contributed by atoms with Crippen LogP contribution in [-0.2, 0) is 11.3 Å². The van der Waals surface area contributed by atoms with Gasteiger partial charge in [-0.15, -0.1) is 11.3 Å². The minimum Gasteiger partial charge on any atom is -0.366 e. The van der Waals surface area contributed by atoms with Gasteiger partial charge in [0, 0.05) is 32.2 Å². The molecule has 2 aromatic heterocycles. The van der Waals surface area contributed by atoms with Crippen LogP contribution in [0.25, 0.3) is 10.6 Å². The minimum absolute atomic E-state index is 0.0454. The molecule has 3 heterocycles. The molecule has 0 N–H and O–H groups in total. The fraction of sp³-hybridized carbons (Fsp3) is 0.250. The molecule has 0 spiro atoms. The number of carbonyl (C=O) groups excluding carboxylic acids is 1. The summed E-state index contributed by atoms with van der Waals surface area (Å²) < 4.78 is 15.3. The van der Waals surface area contributed by atoms with Gasteiger partial charge >= 0.3 is 0 Å². The van der Waals surface area contributed by atoms with Crippen molar-refractivity contribution in [3.8, 4) is 10.6 Å². The van der Waals surface area contributed by atoms with Gasteiger partial charge in [0.1, 0.15) is 12.4 Å². The van der Waals surface area contributed by atoms with Crippen molar-refractivity contribution in [1.82, 2.24) is 14.5 Å². The van der Waals surface area contributed by atoms with E-state index in [4.69, 9.17) is 0 Å². The van der Waals surface area contributed by atoms with Crippen molar-refractivity contribution in [2.75, 3.05) is 31.1 Å². The van der Waals surface area contributed by atoms with E-state index in [0.717, 1.165) is 4.88 Å². The fourth-order valence-electron chi connectivity index (χ4n) is 3.25. The Morgan fingerprint density at radius 1 is 1.11 bits per heavy atom. The number of hydrogen-bond donors (Lipinski definition) is 0. The second-order valence-corrected chi connectivity index (χ2v) is 7.48. The highest BCUT2D eigenvalue weighted by Gasteiger charge is 2.23. The predicted octanol–water partition coefficient (Wildman–Crippen LogP) is 2.46. The van der Waals surface area contributed by atoms with E-state index in [1.165, 1.54) is 34.4 Å². The third-order valence-corrected chi connectivity index (χ3v) is 5.68. The second-order valence-electron chi connectivity index (χ2n) is 6.54.